The van der Waals surface area contributed by atoms with Crippen molar-refractivity contribution in [3.63, 3.8) is 0 Å². The Morgan fingerprint density at radius 3 is 2.31 bits per heavy atom. The van der Waals surface area contributed by atoms with Crippen molar-refractivity contribution in [2.24, 2.45) is 11.5 Å². The van der Waals surface area contributed by atoms with Gasteiger partial charge in [0.05, 0.1) is 19.2 Å². The van der Waals surface area contributed by atoms with Gasteiger partial charge in [0.15, 0.2) is 0 Å². The average molecular weight is 562 g/mol. The van der Waals surface area contributed by atoms with Gasteiger partial charge in [0.2, 0.25) is 5.91 Å². The molecule has 2 atom stereocenters. The molecule has 0 aliphatic rings. The van der Waals surface area contributed by atoms with Crippen LogP contribution in [0.1, 0.15) is 47.6 Å². The summed E-state index contributed by atoms with van der Waals surface area (Å²) in [6, 6.07) is 24.4. The zero-order valence-electron chi connectivity index (χ0n) is 23.8. The van der Waals surface area contributed by atoms with Gasteiger partial charge in [0.1, 0.15) is 17.4 Å². The molecule has 6 aromatic rings. The number of carbonyl (C=O) groups excluding carboxylic acids is 1. The highest BCUT2D eigenvalue weighted by molar-refractivity contribution is 5.85. The van der Waals surface area contributed by atoms with Crippen LogP contribution in [-0.2, 0) is 24.2 Å². The Kier molecular flexibility index (Phi) is 7.26. The number of aromatic amines is 2. The van der Waals surface area contributed by atoms with Crippen molar-refractivity contribution in [1.82, 2.24) is 24.7 Å². The van der Waals surface area contributed by atoms with E-state index < -0.39 is 11.4 Å². The summed E-state index contributed by atoms with van der Waals surface area (Å²) in [5.41, 5.74) is 16.5. The van der Waals surface area contributed by atoms with E-state index in [1.165, 1.54) is 0 Å². The fraction of sp³-hybridized carbons (Fsp3) is 0.242. The molecule has 3 heterocycles. The number of hydrogen-bond donors (Lipinski definition) is 4. The Bertz CT molecular complexity index is 1860. The number of nitrogens with two attached hydrogens (primary N) is 2. The number of aromatic nitrogens is 5. The van der Waals surface area contributed by atoms with Gasteiger partial charge in [-0.2, -0.15) is 0 Å². The number of amides is 1. The van der Waals surface area contributed by atoms with Crippen LogP contribution in [-0.4, -0.2) is 43.3 Å². The second-order valence-corrected chi connectivity index (χ2v) is 11.2. The highest BCUT2D eigenvalue weighted by Crippen LogP contribution is 2.32. The predicted octanol–water partition coefficient (Wildman–Crippen LogP) is 4.81. The van der Waals surface area contributed by atoms with Crippen LogP contribution < -0.4 is 16.2 Å². The summed E-state index contributed by atoms with van der Waals surface area (Å²) in [7, 11) is 1.66. The minimum absolute atomic E-state index is 0.235. The lowest BCUT2D eigenvalue weighted by Gasteiger charge is -2.27. The summed E-state index contributed by atoms with van der Waals surface area (Å²) < 4.78 is 7.66. The number of hydrogen-bond acceptors (Lipinski definition) is 5. The largest absolute Gasteiger partial charge is 0.497 e. The van der Waals surface area contributed by atoms with Crippen LogP contribution in [0.25, 0.3) is 21.8 Å². The zero-order valence-corrected chi connectivity index (χ0v) is 23.8. The van der Waals surface area contributed by atoms with Crippen LogP contribution in [0.2, 0.25) is 0 Å². The number of nitrogens with zero attached hydrogens (tertiary/aromatic N) is 3. The van der Waals surface area contributed by atoms with E-state index in [1.807, 2.05) is 54.9 Å². The maximum Gasteiger partial charge on any atom is 0.237 e. The second kappa shape index (κ2) is 11.2. The van der Waals surface area contributed by atoms with Crippen molar-refractivity contribution in [1.29, 1.82) is 0 Å². The molecule has 3 aromatic heterocycles. The Labute approximate surface area is 243 Å². The van der Waals surface area contributed by atoms with Crippen LogP contribution in [0.15, 0.2) is 85.2 Å². The van der Waals surface area contributed by atoms with Crippen LogP contribution in [0.4, 0.5) is 0 Å². The minimum Gasteiger partial charge on any atom is -0.497 e. The SMILES string of the molecule is COc1cccc(Cn2c(Cc3c[nH]c4ccccc34)nnc2[C@H](Cc2c[nH]c3ccccc23)CC(C)(N)C(N)=O)c1. The molecule has 1 amide bonds. The molecular weight excluding hydrogens is 526 g/mol. The summed E-state index contributed by atoms with van der Waals surface area (Å²) in [6.07, 6.45) is 5.54. The fourth-order valence-corrected chi connectivity index (χ4v) is 5.79. The van der Waals surface area contributed by atoms with E-state index in [0.29, 0.717) is 25.8 Å². The van der Waals surface area contributed by atoms with Crippen LogP contribution in [0.3, 0.4) is 0 Å². The number of methoxy groups -OCH3 is 1. The molecule has 1 unspecified atom stereocenters. The normalized spacial score (nSPS) is 13.8. The first-order valence-corrected chi connectivity index (χ1v) is 14.1. The Morgan fingerprint density at radius 1 is 0.952 bits per heavy atom. The second-order valence-electron chi connectivity index (χ2n) is 11.2. The predicted molar refractivity (Wildman–Crippen MR) is 164 cm³/mol. The van der Waals surface area contributed by atoms with E-state index in [-0.39, 0.29) is 5.92 Å². The molecule has 42 heavy (non-hydrogen) atoms. The van der Waals surface area contributed by atoms with E-state index in [0.717, 1.165) is 55.9 Å². The maximum absolute atomic E-state index is 12.4. The first kappa shape index (κ1) is 27.3. The Hall–Kier alpha value is -4.89. The lowest BCUT2D eigenvalue weighted by atomic mass is 9.84. The smallest absolute Gasteiger partial charge is 0.237 e. The van der Waals surface area contributed by atoms with Crippen LogP contribution in [0.5, 0.6) is 5.75 Å². The number of para-hydroxylation sites is 2. The third-order valence-corrected chi connectivity index (χ3v) is 8.09. The van der Waals surface area contributed by atoms with E-state index in [2.05, 4.69) is 44.9 Å². The lowest BCUT2D eigenvalue weighted by Crippen LogP contribution is -2.50. The van der Waals surface area contributed by atoms with E-state index in [1.54, 1.807) is 14.0 Å². The fourth-order valence-electron chi connectivity index (χ4n) is 5.79. The molecule has 0 saturated heterocycles. The van der Waals surface area contributed by atoms with E-state index in [4.69, 9.17) is 26.4 Å². The van der Waals surface area contributed by atoms with Crippen molar-refractivity contribution >= 4 is 27.7 Å². The summed E-state index contributed by atoms with van der Waals surface area (Å²) in [5, 5.41) is 11.8. The van der Waals surface area contributed by atoms with Gasteiger partial charge < -0.3 is 30.7 Å². The number of fused-ring (bicyclic) bond motifs is 2. The molecule has 6 N–H and O–H groups in total. The number of H-pyrrole nitrogens is 2. The molecule has 0 bridgehead atoms. The zero-order chi connectivity index (χ0) is 29.3. The first-order valence-electron chi connectivity index (χ1n) is 14.1. The van der Waals surface area contributed by atoms with Gasteiger partial charge in [0.25, 0.3) is 0 Å². The number of benzene rings is 3. The van der Waals surface area contributed by atoms with E-state index in [9.17, 15) is 4.79 Å². The summed E-state index contributed by atoms with van der Waals surface area (Å²) >= 11 is 0. The van der Waals surface area contributed by atoms with Gasteiger partial charge in [-0.15, -0.1) is 10.2 Å². The molecule has 0 aliphatic carbocycles. The van der Waals surface area contributed by atoms with Crippen molar-refractivity contribution in [3.8, 4) is 5.75 Å². The van der Waals surface area contributed by atoms with Crippen LogP contribution >= 0.6 is 0 Å². The van der Waals surface area contributed by atoms with Gasteiger partial charge in [-0.25, -0.2) is 0 Å². The molecule has 9 heteroatoms. The molecule has 0 radical (unpaired) electrons. The van der Waals surface area contributed by atoms with Crippen molar-refractivity contribution in [2.45, 2.75) is 44.2 Å². The highest BCUT2D eigenvalue weighted by Gasteiger charge is 2.34. The number of rotatable bonds is 11. The minimum atomic E-state index is -1.24. The van der Waals surface area contributed by atoms with Crippen molar-refractivity contribution in [2.75, 3.05) is 7.11 Å². The number of carbonyl (C=O) groups is 1. The highest BCUT2D eigenvalue weighted by atomic mass is 16.5. The van der Waals surface area contributed by atoms with Gasteiger partial charge in [-0.3, -0.25) is 4.79 Å². The monoisotopic (exact) mass is 561 g/mol. The first-order chi connectivity index (χ1) is 20.3. The standard InChI is InChI=1S/C33H35N7O2/c1-33(35,32(34)41)17-22(15-23-18-36-28-12-5-3-10-26(23)28)31-39-38-30(16-24-19-37-29-13-6-4-11-27(24)29)40(31)20-21-8-7-9-25(14-21)42-2/h3-14,18-19,22,36-37H,15-17,20,35H2,1-2H3,(H2,34,41)/t22-,33?/m1/s1. The number of nitrogens with one attached hydrogen (secondary N) is 2. The van der Waals surface area contributed by atoms with Gasteiger partial charge >= 0.3 is 0 Å². The molecule has 0 saturated carbocycles. The third kappa shape index (κ3) is 5.38. The average Bonchev–Trinajstić information content (AvgIpc) is 3.71. The number of ether oxygens (including phenoxy) is 1. The molecule has 3 aromatic carbocycles. The maximum atomic E-state index is 12.4. The number of primary amides is 1. The molecule has 0 spiro atoms. The summed E-state index contributed by atoms with van der Waals surface area (Å²) in [4.78, 5) is 19.2. The molecule has 9 nitrogen and oxygen atoms in total. The molecule has 0 aliphatic heterocycles. The Balaban J connectivity index is 1.45. The van der Waals surface area contributed by atoms with Gasteiger partial charge in [-0.1, -0.05) is 48.5 Å². The van der Waals surface area contributed by atoms with Crippen molar-refractivity contribution in [3.05, 3.63) is 114 Å². The lowest BCUT2D eigenvalue weighted by molar-refractivity contribution is -0.122. The molecule has 0 fully saturated rings. The van der Waals surface area contributed by atoms with Crippen molar-refractivity contribution < 1.29 is 9.53 Å². The summed E-state index contributed by atoms with van der Waals surface area (Å²) in [6.45, 7) is 2.21. The van der Waals surface area contributed by atoms with Gasteiger partial charge in [-0.05, 0) is 60.7 Å². The quantitative estimate of drug-likeness (QED) is 0.180. The topological polar surface area (TPSA) is 141 Å². The summed E-state index contributed by atoms with van der Waals surface area (Å²) in [5.74, 6) is 1.57. The molecule has 214 valence electrons. The Morgan fingerprint density at radius 2 is 1.62 bits per heavy atom. The van der Waals surface area contributed by atoms with E-state index >= 15 is 0 Å². The van der Waals surface area contributed by atoms with Crippen LogP contribution in [0, 0.1) is 0 Å². The third-order valence-electron chi connectivity index (χ3n) is 8.09. The van der Waals surface area contributed by atoms with Gasteiger partial charge in [0, 0.05) is 46.5 Å². The molecule has 6 rings (SSSR count). The molecular formula is C33H35N7O2.